The van der Waals surface area contributed by atoms with E-state index < -0.39 is 88.8 Å². The molecule has 0 unspecified atom stereocenters. The summed E-state index contributed by atoms with van der Waals surface area (Å²) in [4.78, 5) is 51.7. The molecule has 12 nitrogen and oxygen atoms in total. The van der Waals surface area contributed by atoms with E-state index in [1.807, 2.05) is 9.44 Å². The van der Waals surface area contributed by atoms with E-state index in [9.17, 15) is 62.4 Å². The molecular weight excluding hydrogens is 827 g/mol. The fourth-order valence-electron chi connectivity index (χ4n) is 5.93. The van der Waals surface area contributed by atoms with Gasteiger partial charge < -0.3 is 9.80 Å². The average Bonchev–Trinajstić information content (AvgIpc) is 3.15. The van der Waals surface area contributed by atoms with Crippen molar-refractivity contribution in [3.8, 4) is 0 Å². The molecule has 21 heteroatoms. The molecule has 57 heavy (non-hydrogen) atoms. The molecule has 0 bridgehead atoms. The zero-order valence-corrected chi connectivity index (χ0v) is 33.1. The van der Waals surface area contributed by atoms with Gasteiger partial charge in [-0.25, -0.2) is 16.8 Å². The molecule has 2 aliphatic rings. The molecule has 0 spiro atoms. The highest BCUT2D eigenvalue weighted by Crippen LogP contribution is 2.44. The van der Waals surface area contributed by atoms with Crippen LogP contribution in [0.5, 0.6) is 0 Å². The van der Waals surface area contributed by atoms with Gasteiger partial charge in [-0.15, -0.1) is 0 Å². The number of hydrogen-bond acceptors (Lipinski definition) is 9. The number of nitrogens with one attached hydrogen (secondary N) is 2. The van der Waals surface area contributed by atoms with Crippen molar-refractivity contribution in [3.05, 3.63) is 70.8 Å². The standard InChI is InChI=1S/C36H40F6N4O8S3/c1-3-56(51,52)43-33(49)25-13-17-45(18-14-25)31(47)11-7-23-5-9-29(27(21-23)35(37,38)39)55-30-10-6-24(22-28(30)36(40,41)42)8-12-32(48)46-19-15-26(16-20-46)34(50)44-57(53,54)4-2/h5-12,21-22,25-26H,3-4,13-20H2,1-2H3,(H,43,49)(H,44,50)/b11-7+,12-8+. The number of piperidine rings is 2. The summed E-state index contributed by atoms with van der Waals surface area (Å²) in [5.74, 6) is -4.34. The number of nitrogens with zero attached hydrogens (tertiary/aromatic N) is 2. The Morgan fingerprint density at radius 2 is 0.982 bits per heavy atom. The van der Waals surface area contributed by atoms with Gasteiger partial charge in [0.2, 0.25) is 43.7 Å². The van der Waals surface area contributed by atoms with Gasteiger partial charge in [-0.3, -0.25) is 28.6 Å². The minimum atomic E-state index is -4.99. The van der Waals surface area contributed by atoms with E-state index in [4.69, 9.17) is 0 Å². The Morgan fingerprint density at radius 1 is 0.649 bits per heavy atom. The van der Waals surface area contributed by atoms with E-state index in [1.165, 1.54) is 35.8 Å². The second kappa shape index (κ2) is 18.5. The maximum absolute atomic E-state index is 14.2. The lowest BCUT2D eigenvalue weighted by Crippen LogP contribution is -2.44. The lowest BCUT2D eigenvalue weighted by molar-refractivity contribution is -0.140. The Balaban J connectivity index is 1.43. The van der Waals surface area contributed by atoms with Crippen molar-refractivity contribution < 1.29 is 62.4 Å². The Kier molecular flexibility index (Phi) is 14.7. The summed E-state index contributed by atoms with van der Waals surface area (Å²) >= 11 is 0.241. The van der Waals surface area contributed by atoms with Gasteiger partial charge in [0.15, 0.2) is 0 Å². The number of carbonyl (C=O) groups is 4. The summed E-state index contributed by atoms with van der Waals surface area (Å²) in [5.41, 5.74) is -2.60. The molecule has 0 aliphatic carbocycles. The van der Waals surface area contributed by atoms with Gasteiger partial charge in [-0.1, -0.05) is 23.9 Å². The van der Waals surface area contributed by atoms with Crippen molar-refractivity contribution in [2.24, 2.45) is 11.8 Å². The van der Waals surface area contributed by atoms with E-state index in [0.717, 1.165) is 36.4 Å². The molecule has 0 radical (unpaired) electrons. The van der Waals surface area contributed by atoms with Crippen LogP contribution in [0.1, 0.15) is 61.8 Å². The summed E-state index contributed by atoms with van der Waals surface area (Å²) in [6.45, 7) is 3.13. The molecule has 4 rings (SSSR count). The first-order chi connectivity index (χ1) is 26.5. The van der Waals surface area contributed by atoms with E-state index in [2.05, 4.69) is 0 Å². The average molecular weight is 867 g/mol. The van der Waals surface area contributed by atoms with E-state index >= 15 is 0 Å². The fourth-order valence-corrected chi connectivity index (χ4v) is 8.24. The van der Waals surface area contributed by atoms with Crippen LogP contribution in [0.2, 0.25) is 0 Å². The second-order valence-corrected chi connectivity index (χ2v) is 18.3. The number of sulfonamides is 2. The minimum Gasteiger partial charge on any atom is -0.339 e. The third-order valence-corrected chi connectivity index (χ3v) is 13.0. The monoisotopic (exact) mass is 866 g/mol. The van der Waals surface area contributed by atoms with Crippen molar-refractivity contribution >= 4 is 67.6 Å². The Bertz CT molecular complexity index is 1980. The van der Waals surface area contributed by atoms with Crippen LogP contribution in [0.4, 0.5) is 26.3 Å². The topological polar surface area (TPSA) is 167 Å². The van der Waals surface area contributed by atoms with E-state index in [1.54, 1.807) is 0 Å². The summed E-state index contributed by atoms with van der Waals surface area (Å²) in [5, 5.41) is 0. The van der Waals surface area contributed by atoms with Crippen molar-refractivity contribution in [3.63, 3.8) is 0 Å². The van der Waals surface area contributed by atoms with Crippen molar-refractivity contribution in [1.82, 2.24) is 19.2 Å². The minimum absolute atomic E-state index is 0.0582. The van der Waals surface area contributed by atoms with Crippen LogP contribution in [0, 0.1) is 11.8 Å². The molecule has 312 valence electrons. The number of carbonyl (C=O) groups excluding carboxylic acids is 4. The number of hydrogen-bond donors (Lipinski definition) is 2. The lowest BCUT2D eigenvalue weighted by atomic mass is 9.96. The maximum Gasteiger partial charge on any atom is 0.417 e. The molecule has 2 saturated heterocycles. The second-order valence-electron chi connectivity index (χ2n) is 13.2. The van der Waals surface area contributed by atoms with Crippen LogP contribution < -0.4 is 9.44 Å². The number of rotatable bonds is 12. The first-order valence-corrected chi connectivity index (χ1v) is 21.8. The van der Waals surface area contributed by atoms with Crippen LogP contribution in [-0.2, 0) is 51.6 Å². The smallest absolute Gasteiger partial charge is 0.339 e. The van der Waals surface area contributed by atoms with Gasteiger partial charge in [-0.2, -0.15) is 26.3 Å². The van der Waals surface area contributed by atoms with Crippen molar-refractivity contribution in [2.75, 3.05) is 37.7 Å². The summed E-state index contributed by atoms with van der Waals surface area (Å²) in [6.07, 6.45) is -4.98. The zero-order chi connectivity index (χ0) is 42.3. The molecule has 2 aliphatic heterocycles. The van der Waals surface area contributed by atoms with E-state index in [-0.39, 0.29) is 86.3 Å². The number of alkyl halides is 6. The van der Waals surface area contributed by atoms with Gasteiger partial charge in [0.05, 0.1) is 22.6 Å². The van der Waals surface area contributed by atoms with Gasteiger partial charge in [0.25, 0.3) is 0 Å². The molecule has 0 aromatic heterocycles. The largest absolute Gasteiger partial charge is 0.417 e. The molecule has 2 aromatic carbocycles. The highest BCUT2D eigenvalue weighted by molar-refractivity contribution is 7.99. The Morgan fingerprint density at radius 3 is 1.28 bits per heavy atom. The lowest BCUT2D eigenvalue weighted by Gasteiger charge is -2.30. The fraction of sp³-hybridized carbons (Fsp3) is 0.444. The predicted octanol–water partition coefficient (Wildman–Crippen LogP) is 5.31. The molecule has 2 aromatic rings. The molecule has 2 fully saturated rings. The highest BCUT2D eigenvalue weighted by Gasteiger charge is 2.37. The maximum atomic E-state index is 14.2. The normalized spacial score (nSPS) is 16.6. The Hall–Kier alpha value is -4.37. The molecule has 4 amide bonds. The third-order valence-electron chi connectivity index (χ3n) is 9.30. The summed E-state index contributed by atoms with van der Waals surface area (Å²) < 4.78 is 136. The molecule has 0 atom stereocenters. The van der Waals surface area contributed by atoms with Crippen LogP contribution >= 0.6 is 11.8 Å². The number of amides is 4. The first kappa shape index (κ1) is 45.3. The SMILES string of the molecule is CCS(=O)(=O)NC(=O)C1CCN(C(=O)/C=C/c2ccc(Sc3ccc(/C=C/C(=O)N4CCC(C(=O)NS(=O)(=O)CC)CC4)cc3C(F)(F)F)c(C(F)(F)F)c2)CC1. The number of likely N-dealkylation sites (tertiary alicyclic amines) is 2. The van der Waals surface area contributed by atoms with Crippen LogP contribution in [0.25, 0.3) is 12.2 Å². The zero-order valence-electron chi connectivity index (χ0n) is 30.7. The van der Waals surface area contributed by atoms with Gasteiger partial charge in [0.1, 0.15) is 0 Å². The summed E-state index contributed by atoms with van der Waals surface area (Å²) in [7, 11) is -7.51. The molecule has 2 heterocycles. The molecule has 2 N–H and O–H groups in total. The summed E-state index contributed by atoms with van der Waals surface area (Å²) in [6, 6.07) is 5.82. The van der Waals surface area contributed by atoms with Crippen LogP contribution in [0.15, 0.2) is 58.3 Å². The Labute approximate surface area is 330 Å². The first-order valence-electron chi connectivity index (χ1n) is 17.6. The van der Waals surface area contributed by atoms with Crippen molar-refractivity contribution in [2.45, 2.75) is 61.7 Å². The quantitative estimate of drug-likeness (QED) is 0.212. The number of halogens is 6. The third kappa shape index (κ3) is 12.8. The predicted molar refractivity (Wildman–Crippen MR) is 199 cm³/mol. The van der Waals surface area contributed by atoms with Gasteiger partial charge in [0, 0.05) is 60.0 Å². The molecular formula is C36H40F6N4O8S3. The van der Waals surface area contributed by atoms with Crippen LogP contribution in [0.3, 0.4) is 0 Å². The van der Waals surface area contributed by atoms with Gasteiger partial charge >= 0.3 is 12.4 Å². The van der Waals surface area contributed by atoms with Crippen LogP contribution in [-0.4, -0.2) is 87.9 Å². The van der Waals surface area contributed by atoms with Gasteiger partial charge in [-0.05, 0) is 87.1 Å². The van der Waals surface area contributed by atoms with Crippen molar-refractivity contribution in [1.29, 1.82) is 0 Å². The highest BCUT2D eigenvalue weighted by atomic mass is 32.2. The molecule has 0 saturated carbocycles. The number of benzene rings is 2. The van der Waals surface area contributed by atoms with E-state index in [0.29, 0.717) is 12.1 Å².